The third-order valence-electron chi connectivity index (χ3n) is 9.25. The SMILES string of the molecule is CCC1(C#Cc2ccc3nc(C(=O)N4CCN(C(=O)OC(C)(C)C)[C@H](C)C4)nc(Nc4cc(C5CC5)[nH]n4)c3c2)CCCCC1. The molecule has 1 saturated heterocycles. The molecule has 0 bridgehead atoms. The van der Waals surface area contributed by atoms with Gasteiger partial charge in [-0.2, -0.15) is 5.10 Å². The van der Waals surface area contributed by atoms with Gasteiger partial charge in [-0.15, -0.1) is 0 Å². The zero-order valence-corrected chi connectivity index (χ0v) is 27.2. The number of amides is 2. The minimum Gasteiger partial charge on any atom is -0.444 e. The Morgan fingerprint density at radius 1 is 1.11 bits per heavy atom. The van der Waals surface area contributed by atoms with Crippen LogP contribution < -0.4 is 5.32 Å². The Morgan fingerprint density at radius 2 is 1.89 bits per heavy atom. The van der Waals surface area contributed by atoms with Crippen molar-refractivity contribution in [3.63, 3.8) is 0 Å². The van der Waals surface area contributed by atoms with Crippen LogP contribution in [0.1, 0.15) is 114 Å². The average Bonchev–Trinajstić information content (AvgIpc) is 3.77. The number of carbonyl (C=O) groups is 2. The molecule has 3 fully saturated rings. The Kier molecular flexibility index (Phi) is 8.47. The predicted molar refractivity (Wildman–Crippen MR) is 174 cm³/mol. The van der Waals surface area contributed by atoms with Crippen molar-refractivity contribution in [2.75, 3.05) is 25.0 Å². The number of carbonyl (C=O) groups excluding carboxylic acids is 2. The highest BCUT2D eigenvalue weighted by molar-refractivity contribution is 5.97. The van der Waals surface area contributed by atoms with Crippen molar-refractivity contribution in [1.82, 2.24) is 30.0 Å². The normalized spacial score (nSPS) is 20.0. The number of anilines is 2. The van der Waals surface area contributed by atoms with Gasteiger partial charge in [-0.25, -0.2) is 14.8 Å². The zero-order chi connectivity index (χ0) is 31.8. The second-order valence-electron chi connectivity index (χ2n) is 14.0. The largest absolute Gasteiger partial charge is 0.444 e. The first-order chi connectivity index (χ1) is 21.5. The maximum Gasteiger partial charge on any atom is 0.410 e. The Balaban J connectivity index is 1.29. The van der Waals surface area contributed by atoms with Crippen LogP contribution in [0.15, 0.2) is 24.3 Å². The molecule has 3 aromatic rings. The number of fused-ring (bicyclic) bond motifs is 1. The molecule has 0 radical (unpaired) electrons. The van der Waals surface area contributed by atoms with Gasteiger partial charge in [0.15, 0.2) is 5.82 Å². The van der Waals surface area contributed by atoms with Crippen LogP contribution in [0.3, 0.4) is 0 Å². The standard InChI is InChI=1S/C35H45N7O3/c1-6-35(15-8-7-9-16-35)17-14-24-10-13-27-26(20-24)30(37-29-21-28(39-40-29)25-11-12-25)38-31(36-27)32(43)41-18-19-42(23(2)22-41)33(44)45-34(3,4)5/h10,13,20-21,23,25H,6-9,11-12,15-16,18-19,22H2,1-5H3,(H2,36,37,38,39,40)/t23-/m1/s1. The van der Waals surface area contributed by atoms with Crippen molar-refractivity contribution >= 4 is 34.5 Å². The van der Waals surface area contributed by atoms with Crippen LogP contribution in [0.4, 0.5) is 16.4 Å². The third-order valence-corrected chi connectivity index (χ3v) is 9.25. The molecule has 1 aromatic carbocycles. The summed E-state index contributed by atoms with van der Waals surface area (Å²) < 4.78 is 5.57. The van der Waals surface area contributed by atoms with Crippen LogP contribution in [-0.4, -0.2) is 73.2 Å². The van der Waals surface area contributed by atoms with Crippen molar-refractivity contribution in [2.45, 2.75) is 104 Å². The van der Waals surface area contributed by atoms with E-state index in [0.29, 0.717) is 42.7 Å². The van der Waals surface area contributed by atoms with Gasteiger partial charge in [-0.1, -0.05) is 38.0 Å². The van der Waals surface area contributed by atoms with E-state index in [0.717, 1.165) is 48.7 Å². The summed E-state index contributed by atoms with van der Waals surface area (Å²) >= 11 is 0. The quantitative estimate of drug-likeness (QED) is 0.306. The molecule has 1 atom stereocenters. The number of rotatable bonds is 5. The summed E-state index contributed by atoms with van der Waals surface area (Å²) in [7, 11) is 0. The van der Waals surface area contributed by atoms with Crippen molar-refractivity contribution < 1.29 is 14.3 Å². The molecule has 0 spiro atoms. The second-order valence-corrected chi connectivity index (χ2v) is 14.0. The number of ether oxygens (including phenoxy) is 1. The number of nitrogens with one attached hydrogen (secondary N) is 2. The highest BCUT2D eigenvalue weighted by Crippen LogP contribution is 2.40. The monoisotopic (exact) mass is 611 g/mol. The highest BCUT2D eigenvalue weighted by atomic mass is 16.6. The molecular weight excluding hydrogens is 566 g/mol. The van der Waals surface area contributed by atoms with E-state index in [1.54, 1.807) is 9.80 Å². The molecule has 10 heteroatoms. The number of aromatic amines is 1. The van der Waals surface area contributed by atoms with Gasteiger partial charge in [0, 0.05) is 59.7 Å². The lowest BCUT2D eigenvalue weighted by Crippen LogP contribution is -2.56. The van der Waals surface area contributed by atoms with Crippen molar-refractivity contribution in [3.8, 4) is 11.8 Å². The lowest BCUT2D eigenvalue weighted by Gasteiger charge is -2.39. The fourth-order valence-corrected chi connectivity index (χ4v) is 6.40. The molecule has 2 amide bonds. The first-order valence-corrected chi connectivity index (χ1v) is 16.5. The topological polar surface area (TPSA) is 116 Å². The van der Waals surface area contributed by atoms with Crippen LogP contribution in [-0.2, 0) is 4.74 Å². The molecule has 2 N–H and O–H groups in total. The highest BCUT2D eigenvalue weighted by Gasteiger charge is 2.34. The number of nitrogens with zero attached hydrogens (tertiary/aromatic N) is 5. The molecule has 45 heavy (non-hydrogen) atoms. The number of H-pyrrole nitrogens is 1. The lowest BCUT2D eigenvalue weighted by molar-refractivity contribution is 0.00182. The van der Waals surface area contributed by atoms with E-state index >= 15 is 0 Å². The molecule has 0 unspecified atom stereocenters. The summed E-state index contributed by atoms with van der Waals surface area (Å²) in [6.45, 7) is 10.8. The van der Waals surface area contributed by atoms with Crippen molar-refractivity contribution in [2.24, 2.45) is 5.41 Å². The van der Waals surface area contributed by atoms with Crippen LogP contribution >= 0.6 is 0 Å². The fourth-order valence-electron chi connectivity index (χ4n) is 6.40. The molecule has 3 aliphatic rings. The molecular formula is C35H45N7O3. The van der Waals surface area contributed by atoms with Crippen LogP contribution in [0.25, 0.3) is 10.9 Å². The van der Waals surface area contributed by atoms with Gasteiger partial charge < -0.3 is 19.9 Å². The lowest BCUT2D eigenvalue weighted by atomic mass is 9.73. The van der Waals surface area contributed by atoms with Crippen molar-refractivity contribution in [1.29, 1.82) is 0 Å². The molecule has 2 aliphatic carbocycles. The van der Waals surface area contributed by atoms with Crippen LogP contribution in [0, 0.1) is 17.3 Å². The summed E-state index contributed by atoms with van der Waals surface area (Å²) in [6, 6.07) is 7.72. The van der Waals surface area contributed by atoms with E-state index in [4.69, 9.17) is 14.7 Å². The summed E-state index contributed by atoms with van der Waals surface area (Å²) in [4.78, 5) is 39.4. The van der Waals surface area contributed by atoms with E-state index in [-0.39, 0.29) is 29.3 Å². The Hall–Kier alpha value is -4.13. The molecule has 238 valence electrons. The van der Waals surface area contributed by atoms with E-state index in [9.17, 15) is 9.59 Å². The van der Waals surface area contributed by atoms with E-state index in [2.05, 4.69) is 34.3 Å². The molecule has 2 saturated carbocycles. The maximum absolute atomic E-state index is 13.8. The first kappa shape index (κ1) is 30.9. The average molecular weight is 612 g/mol. The smallest absolute Gasteiger partial charge is 0.410 e. The van der Waals surface area contributed by atoms with Crippen LogP contribution in [0.5, 0.6) is 0 Å². The van der Waals surface area contributed by atoms with Gasteiger partial charge in [0.1, 0.15) is 11.4 Å². The van der Waals surface area contributed by atoms with Gasteiger partial charge in [-0.05, 0) is 78.0 Å². The number of piperazine rings is 1. The number of hydrogen-bond donors (Lipinski definition) is 2. The molecule has 2 aromatic heterocycles. The van der Waals surface area contributed by atoms with Gasteiger partial charge in [-0.3, -0.25) is 9.89 Å². The second kappa shape index (κ2) is 12.3. The Morgan fingerprint density at radius 3 is 2.58 bits per heavy atom. The third kappa shape index (κ3) is 7.08. The minimum absolute atomic E-state index is 0.0833. The molecule has 1 aliphatic heterocycles. The van der Waals surface area contributed by atoms with Crippen LogP contribution in [0.2, 0.25) is 0 Å². The van der Waals surface area contributed by atoms with Gasteiger partial charge in [0.05, 0.1) is 5.52 Å². The summed E-state index contributed by atoms with van der Waals surface area (Å²) in [6.07, 6.45) is 9.09. The zero-order valence-electron chi connectivity index (χ0n) is 27.2. The fraction of sp³-hybridized carbons (Fsp3) is 0.571. The first-order valence-electron chi connectivity index (χ1n) is 16.5. The summed E-state index contributed by atoms with van der Waals surface area (Å²) in [5.74, 6) is 8.62. The number of aromatic nitrogens is 4. The Labute approximate surface area is 265 Å². The summed E-state index contributed by atoms with van der Waals surface area (Å²) in [5, 5.41) is 11.8. The predicted octanol–water partition coefficient (Wildman–Crippen LogP) is 6.77. The molecule has 3 heterocycles. The number of hydrogen-bond acceptors (Lipinski definition) is 7. The molecule has 6 rings (SSSR count). The molecule has 10 nitrogen and oxygen atoms in total. The number of benzene rings is 1. The van der Waals surface area contributed by atoms with Gasteiger partial charge in [0.2, 0.25) is 5.82 Å². The van der Waals surface area contributed by atoms with Crippen molar-refractivity contribution in [3.05, 3.63) is 41.3 Å². The maximum atomic E-state index is 13.8. The Bertz CT molecular complexity index is 1640. The summed E-state index contributed by atoms with van der Waals surface area (Å²) in [5.41, 5.74) is 2.16. The van der Waals surface area contributed by atoms with E-state index < -0.39 is 5.60 Å². The van der Waals surface area contributed by atoms with Gasteiger partial charge >= 0.3 is 6.09 Å². The van der Waals surface area contributed by atoms with E-state index in [1.165, 1.54) is 19.3 Å². The minimum atomic E-state index is -0.585. The van der Waals surface area contributed by atoms with Gasteiger partial charge in [0.25, 0.3) is 5.91 Å². The van der Waals surface area contributed by atoms with E-state index in [1.807, 2.05) is 52.0 Å².